The largest absolute Gasteiger partial charge is 0.349 e. The van der Waals surface area contributed by atoms with Gasteiger partial charge in [0.25, 0.3) is 11.8 Å². The molecule has 1 aliphatic carbocycles. The first kappa shape index (κ1) is 14.1. The minimum absolute atomic E-state index is 0.0206. The van der Waals surface area contributed by atoms with E-state index in [0.717, 1.165) is 18.4 Å². The number of fused-ring (bicyclic) bond motifs is 1. The van der Waals surface area contributed by atoms with E-state index >= 15 is 0 Å². The minimum Gasteiger partial charge on any atom is -0.349 e. The standard InChI is InChI=1S/C16H14N4O2/c17-9-10-2-1-3-11(6-10)16(22)18-13-4-5-14-12(7-13)8-15(21)20-19-14/h1-3,6,8,13-14H,4-5,7H2,(H,18,22). The number of nitriles is 1. The molecule has 2 amide bonds. The molecule has 2 aliphatic rings. The molecule has 3 rings (SSSR count). The molecule has 1 heterocycles. The first-order chi connectivity index (χ1) is 10.7. The highest BCUT2D eigenvalue weighted by atomic mass is 16.2. The topological polar surface area (TPSA) is 94.7 Å². The van der Waals surface area contributed by atoms with Gasteiger partial charge >= 0.3 is 0 Å². The molecule has 1 N–H and O–H groups in total. The maximum absolute atomic E-state index is 12.3. The van der Waals surface area contributed by atoms with Crippen molar-refractivity contribution in [1.29, 1.82) is 5.26 Å². The van der Waals surface area contributed by atoms with Gasteiger partial charge in [0.2, 0.25) is 0 Å². The number of rotatable bonds is 2. The maximum Gasteiger partial charge on any atom is 0.287 e. The summed E-state index contributed by atoms with van der Waals surface area (Å²) in [7, 11) is 0. The first-order valence-electron chi connectivity index (χ1n) is 7.12. The second kappa shape index (κ2) is 5.90. The van der Waals surface area contributed by atoms with E-state index in [1.54, 1.807) is 24.3 Å². The molecule has 22 heavy (non-hydrogen) atoms. The van der Waals surface area contributed by atoms with Crippen molar-refractivity contribution < 1.29 is 9.59 Å². The lowest BCUT2D eigenvalue weighted by atomic mass is 9.86. The molecular formula is C16H14N4O2. The third-order valence-corrected chi connectivity index (χ3v) is 3.89. The van der Waals surface area contributed by atoms with Crippen molar-refractivity contribution in [2.24, 2.45) is 10.2 Å². The van der Waals surface area contributed by atoms with E-state index < -0.39 is 0 Å². The predicted octanol–water partition coefficient (Wildman–Crippen LogP) is 2.13. The molecule has 0 spiro atoms. The SMILES string of the molecule is N#Cc1cccc(C(=O)NC2CCC3N=NC(=O)C=C3C2)c1. The molecule has 0 radical (unpaired) electrons. The Morgan fingerprint density at radius 3 is 3.05 bits per heavy atom. The van der Waals surface area contributed by atoms with Gasteiger partial charge < -0.3 is 5.32 Å². The Bertz CT molecular complexity index is 730. The van der Waals surface area contributed by atoms with Gasteiger partial charge in [-0.1, -0.05) is 6.07 Å². The van der Waals surface area contributed by atoms with Crippen molar-refractivity contribution in [1.82, 2.24) is 5.32 Å². The minimum atomic E-state index is -0.333. The van der Waals surface area contributed by atoms with Crippen LogP contribution < -0.4 is 5.32 Å². The van der Waals surface area contributed by atoms with Gasteiger partial charge in [-0.25, -0.2) is 0 Å². The van der Waals surface area contributed by atoms with Gasteiger partial charge in [0.1, 0.15) is 0 Å². The van der Waals surface area contributed by atoms with E-state index in [1.807, 2.05) is 6.07 Å². The van der Waals surface area contributed by atoms with Gasteiger partial charge in [0, 0.05) is 17.7 Å². The van der Waals surface area contributed by atoms with Crippen LogP contribution in [-0.2, 0) is 4.79 Å². The molecule has 1 aromatic rings. The summed E-state index contributed by atoms with van der Waals surface area (Å²) in [6, 6.07) is 8.57. The van der Waals surface area contributed by atoms with Crippen LogP contribution in [0, 0.1) is 11.3 Å². The molecule has 6 nitrogen and oxygen atoms in total. The maximum atomic E-state index is 12.3. The molecule has 1 fully saturated rings. The van der Waals surface area contributed by atoms with Crippen molar-refractivity contribution in [2.75, 3.05) is 0 Å². The van der Waals surface area contributed by atoms with Crippen molar-refractivity contribution in [3.63, 3.8) is 0 Å². The number of amides is 2. The highest BCUT2D eigenvalue weighted by molar-refractivity contribution is 5.94. The highest BCUT2D eigenvalue weighted by Crippen LogP contribution is 2.29. The average molecular weight is 294 g/mol. The quantitative estimate of drug-likeness (QED) is 0.905. The summed E-state index contributed by atoms with van der Waals surface area (Å²) in [4.78, 5) is 23.5. The fraction of sp³-hybridized carbons (Fsp3) is 0.312. The molecule has 1 aliphatic heterocycles. The van der Waals surface area contributed by atoms with Gasteiger partial charge in [-0.2, -0.15) is 10.4 Å². The van der Waals surface area contributed by atoms with Crippen LogP contribution >= 0.6 is 0 Å². The van der Waals surface area contributed by atoms with E-state index in [2.05, 4.69) is 15.5 Å². The second-order valence-electron chi connectivity index (χ2n) is 5.43. The summed E-state index contributed by atoms with van der Waals surface area (Å²) in [6.07, 6.45) is 3.69. The lowest BCUT2D eigenvalue weighted by Gasteiger charge is -2.30. The van der Waals surface area contributed by atoms with E-state index in [-0.39, 0.29) is 23.9 Å². The van der Waals surface area contributed by atoms with E-state index in [4.69, 9.17) is 5.26 Å². The molecule has 110 valence electrons. The van der Waals surface area contributed by atoms with Crippen molar-refractivity contribution in [2.45, 2.75) is 31.3 Å². The molecule has 6 heteroatoms. The predicted molar refractivity (Wildman–Crippen MR) is 78.0 cm³/mol. The number of hydrogen-bond acceptors (Lipinski definition) is 4. The first-order valence-corrected chi connectivity index (χ1v) is 7.12. The third-order valence-electron chi connectivity index (χ3n) is 3.89. The summed E-state index contributed by atoms with van der Waals surface area (Å²) >= 11 is 0. The monoisotopic (exact) mass is 294 g/mol. The van der Waals surface area contributed by atoms with E-state index in [9.17, 15) is 9.59 Å². The van der Waals surface area contributed by atoms with Gasteiger partial charge in [0.15, 0.2) is 0 Å². The normalized spacial score (nSPS) is 23.2. The molecule has 2 atom stereocenters. The molecule has 1 saturated carbocycles. The Morgan fingerprint density at radius 2 is 2.23 bits per heavy atom. The molecular weight excluding hydrogens is 280 g/mol. The molecule has 2 unspecified atom stereocenters. The van der Waals surface area contributed by atoms with Crippen LogP contribution in [0.2, 0.25) is 0 Å². The zero-order chi connectivity index (χ0) is 15.5. The molecule has 0 bridgehead atoms. The average Bonchev–Trinajstić information content (AvgIpc) is 2.54. The zero-order valence-electron chi connectivity index (χ0n) is 11.8. The van der Waals surface area contributed by atoms with Gasteiger partial charge in [-0.05, 0) is 43.0 Å². The zero-order valence-corrected chi connectivity index (χ0v) is 11.8. The fourth-order valence-electron chi connectivity index (χ4n) is 2.79. The van der Waals surface area contributed by atoms with Crippen molar-refractivity contribution in [3.05, 3.63) is 47.0 Å². The summed E-state index contributed by atoms with van der Waals surface area (Å²) in [6.45, 7) is 0. The fourth-order valence-corrected chi connectivity index (χ4v) is 2.79. The summed E-state index contributed by atoms with van der Waals surface area (Å²) in [5.41, 5.74) is 1.86. The molecule has 0 saturated heterocycles. The number of azo groups is 1. The third kappa shape index (κ3) is 2.93. The summed E-state index contributed by atoms with van der Waals surface area (Å²) < 4.78 is 0. The van der Waals surface area contributed by atoms with Gasteiger partial charge in [-0.3, -0.25) is 9.59 Å². The Hall–Kier alpha value is -2.81. The number of nitrogens with zero attached hydrogens (tertiary/aromatic N) is 3. The lowest BCUT2D eigenvalue weighted by molar-refractivity contribution is -0.114. The Morgan fingerprint density at radius 1 is 1.36 bits per heavy atom. The van der Waals surface area contributed by atoms with Crippen LogP contribution in [0.1, 0.15) is 35.2 Å². The number of carbonyl (C=O) groups excluding carboxylic acids is 2. The van der Waals surface area contributed by atoms with Crippen LogP contribution in [0.25, 0.3) is 0 Å². The Balaban J connectivity index is 1.67. The number of benzene rings is 1. The smallest absolute Gasteiger partial charge is 0.287 e. The van der Waals surface area contributed by atoms with Gasteiger partial charge in [-0.15, -0.1) is 5.11 Å². The molecule has 1 aromatic carbocycles. The summed E-state index contributed by atoms with van der Waals surface area (Å²) in [5.74, 6) is -0.537. The van der Waals surface area contributed by atoms with E-state index in [1.165, 1.54) is 6.08 Å². The van der Waals surface area contributed by atoms with Gasteiger partial charge in [0.05, 0.1) is 17.7 Å². The lowest BCUT2D eigenvalue weighted by Crippen LogP contribution is -2.39. The Labute approximate surface area is 127 Å². The molecule has 0 aromatic heterocycles. The summed E-state index contributed by atoms with van der Waals surface area (Å²) in [5, 5.41) is 19.4. The highest BCUT2D eigenvalue weighted by Gasteiger charge is 2.29. The van der Waals surface area contributed by atoms with E-state index in [0.29, 0.717) is 17.5 Å². The number of carbonyl (C=O) groups is 2. The van der Waals surface area contributed by atoms with Crippen LogP contribution in [0.3, 0.4) is 0 Å². The van der Waals surface area contributed by atoms with Crippen molar-refractivity contribution >= 4 is 11.8 Å². The van der Waals surface area contributed by atoms with Crippen LogP contribution in [0.15, 0.2) is 46.1 Å². The second-order valence-corrected chi connectivity index (χ2v) is 5.43. The van der Waals surface area contributed by atoms with Crippen LogP contribution in [-0.4, -0.2) is 23.9 Å². The van der Waals surface area contributed by atoms with Crippen molar-refractivity contribution in [3.8, 4) is 6.07 Å². The Kier molecular flexibility index (Phi) is 3.79. The van der Waals surface area contributed by atoms with Crippen LogP contribution in [0.5, 0.6) is 0 Å². The number of hydrogen-bond donors (Lipinski definition) is 1. The number of nitrogens with one attached hydrogen (secondary N) is 1. The van der Waals surface area contributed by atoms with Crippen LogP contribution in [0.4, 0.5) is 0 Å².